The molecule has 0 atom stereocenters. The van der Waals surface area contributed by atoms with Gasteiger partial charge in [-0.05, 0) is 30.5 Å². The Morgan fingerprint density at radius 2 is 1.96 bits per heavy atom. The normalized spacial score (nSPS) is 15.3. The Hall–Kier alpha value is -1.53. The molecule has 0 spiro atoms. The number of aromatic nitrogens is 3. The van der Waals surface area contributed by atoms with Crippen LogP contribution in [0.1, 0.15) is 49.4 Å². The van der Waals surface area contributed by atoms with Crippen LogP contribution in [0, 0.1) is 0 Å². The van der Waals surface area contributed by atoms with Crippen molar-refractivity contribution >= 4 is 29.3 Å². The van der Waals surface area contributed by atoms with Crippen molar-refractivity contribution in [2.75, 3.05) is 5.75 Å². The molecule has 0 radical (unpaired) electrons. The Morgan fingerprint density at radius 1 is 1.24 bits per heavy atom. The van der Waals surface area contributed by atoms with Crippen LogP contribution >= 0.6 is 23.4 Å². The van der Waals surface area contributed by atoms with E-state index in [9.17, 15) is 4.79 Å². The van der Waals surface area contributed by atoms with E-state index >= 15 is 0 Å². The van der Waals surface area contributed by atoms with E-state index in [1.54, 1.807) is 0 Å². The van der Waals surface area contributed by atoms with Crippen LogP contribution in [0.2, 0.25) is 5.02 Å². The zero-order chi connectivity index (χ0) is 17.6. The molecule has 1 heterocycles. The zero-order valence-corrected chi connectivity index (χ0v) is 15.9. The van der Waals surface area contributed by atoms with Gasteiger partial charge in [0, 0.05) is 24.5 Å². The first-order valence-corrected chi connectivity index (χ1v) is 10.0. The highest BCUT2D eigenvalue weighted by Crippen LogP contribution is 2.32. The smallest absolute Gasteiger partial charge is 0.230 e. The Morgan fingerprint density at radius 3 is 2.68 bits per heavy atom. The molecule has 1 aromatic heterocycles. The minimum atomic E-state index is -0.0119. The summed E-state index contributed by atoms with van der Waals surface area (Å²) in [5.41, 5.74) is 1.03. The number of carbonyl (C=O) groups is 1. The maximum atomic E-state index is 12.1. The van der Waals surface area contributed by atoms with Crippen LogP contribution in [0.4, 0.5) is 0 Å². The molecule has 0 bridgehead atoms. The van der Waals surface area contributed by atoms with Gasteiger partial charge in [-0.3, -0.25) is 4.79 Å². The fourth-order valence-corrected chi connectivity index (χ4v) is 4.03. The molecule has 0 unspecified atom stereocenters. The topological polar surface area (TPSA) is 59.8 Å². The summed E-state index contributed by atoms with van der Waals surface area (Å²) in [5, 5.41) is 13.1. The summed E-state index contributed by atoms with van der Waals surface area (Å²) in [7, 11) is 2.00. The summed E-state index contributed by atoms with van der Waals surface area (Å²) in [5.74, 6) is 1.90. The van der Waals surface area contributed by atoms with Gasteiger partial charge in [-0.2, -0.15) is 0 Å². The first-order chi connectivity index (χ1) is 12.1. The standard InChI is InChI=1S/C18H23ClN4OS/c1-23-17(14-5-3-2-4-6-14)21-22-18(23)25-12-16(24)20-11-13-7-9-15(19)10-8-13/h7-10,14H,2-6,11-12H2,1H3,(H,20,24). The summed E-state index contributed by atoms with van der Waals surface area (Å²) in [6.07, 6.45) is 6.25. The van der Waals surface area contributed by atoms with Crippen molar-refractivity contribution in [1.82, 2.24) is 20.1 Å². The zero-order valence-electron chi connectivity index (χ0n) is 14.4. The van der Waals surface area contributed by atoms with Crippen molar-refractivity contribution in [3.8, 4) is 0 Å². The van der Waals surface area contributed by atoms with Crippen molar-refractivity contribution in [2.24, 2.45) is 7.05 Å². The number of hydrogen-bond donors (Lipinski definition) is 1. The first kappa shape index (κ1) is 18.3. The van der Waals surface area contributed by atoms with Crippen molar-refractivity contribution in [3.05, 3.63) is 40.7 Å². The minimum Gasteiger partial charge on any atom is -0.351 e. The summed E-state index contributed by atoms with van der Waals surface area (Å²) < 4.78 is 2.05. The van der Waals surface area contributed by atoms with Crippen molar-refractivity contribution in [3.63, 3.8) is 0 Å². The summed E-state index contributed by atoms with van der Waals surface area (Å²) in [6, 6.07) is 7.47. The molecule has 1 amide bonds. The van der Waals surface area contributed by atoms with Gasteiger partial charge >= 0.3 is 0 Å². The third-order valence-corrected chi connectivity index (χ3v) is 5.85. The number of thioether (sulfide) groups is 1. The molecule has 1 N–H and O–H groups in total. The number of rotatable bonds is 6. The molecular weight excluding hydrogens is 356 g/mol. The number of halogens is 1. The maximum Gasteiger partial charge on any atom is 0.230 e. The molecule has 7 heteroatoms. The lowest BCUT2D eigenvalue weighted by Crippen LogP contribution is -2.24. The Kier molecular flexibility index (Phi) is 6.37. The Labute approximate surface area is 157 Å². The van der Waals surface area contributed by atoms with Crippen LogP contribution in [-0.4, -0.2) is 26.4 Å². The van der Waals surface area contributed by atoms with E-state index in [-0.39, 0.29) is 5.91 Å². The molecule has 134 valence electrons. The van der Waals surface area contributed by atoms with Crippen LogP contribution in [0.5, 0.6) is 0 Å². The largest absolute Gasteiger partial charge is 0.351 e. The van der Waals surface area contributed by atoms with Gasteiger partial charge in [-0.25, -0.2) is 0 Å². The number of amides is 1. The van der Waals surface area contributed by atoms with Crippen molar-refractivity contribution in [2.45, 2.75) is 49.7 Å². The van der Waals surface area contributed by atoms with E-state index in [2.05, 4.69) is 15.5 Å². The number of nitrogens with one attached hydrogen (secondary N) is 1. The summed E-state index contributed by atoms with van der Waals surface area (Å²) >= 11 is 7.29. The van der Waals surface area contributed by atoms with Gasteiger partial charge in [0.15, 0.2) is 5.16 Å². The van der Waals surface area contributed by atoms with Gasteiger partial charge in [-0.1, -0.05) is 54.8 Å². The second-order valence-corrected chi connectivity index (χ2v) is 7.81. The number of carbonyl (C=O) groups excluding carboxylic acids is 1. The quantitative estimate of drug-likeness (QED) is 0.774. The second kappa shape index (κ2) is 8.72. The number of hydrogen-bond acceptors (Lipinski definition) is 4. The van der Waals surface area contributed by atoms with E-state index in [1.807, 2.05) is 35.9 Å². The van der Waals surface area contributed by atoms with Crippen LogP contribution in [0.3, 0.4) is 0 Å². The monoisotopic (exact) mass is 378 g/mol. The molecule has 1 aliphatic rings. The highest BCUT2D eigenvalue weighted by atomic mass is 35.5. The molecule has 1 aromatic carbocycles. The van der Waals surface area contributed by atoms with Gasteiger partial charge in [-0.15, -0.1) is 10.2 Å². The van der Waals surface area contributed by atoms with Gasteiger partial charge < -0.3 is 9.88 Å². The molecule has 1 fully saturated rings. The number of nitrogens with zero attached hydrogens (tertiary/aromatic N) is 3. The van der Waals surface area contributed by atoms with Crippen LogP contribution in [0.25, 0.3) is 0 Å². The lowest BCUT2D eigenvalue weighted by atomic mass is 9.89. The van der Waals surface area contributed by atoms with Crippen molar-refractivity contribution < 1.29 is 4.79 Å². The van der Waals surface area contributed by atoms with Crippen LogP contribution in [0.15, 0.2) is 29.4 Å². The van der Waals surface area contributed by atoms with Crippen molar-refractivity contribution in [1.29, 1.82) is 0 Å². The average Bonchev–Trinajstić information content (AvgIpc) is 3.01. The third-order valence-electron chi connectivity index (χ3n) is 4.57. The fraction of sp³-hybridized carbons (Fsp3) is 0.500. The molecule has 2 aromatic rings. The van der Waals surface area contributed by atoms with Gasteiger partial charge in [0.05, 0.1) is 5.75 Å². The van der Waals surface area contributed by atoms with Gasteiger partial charge in [0.25, 0.3) is 0 Å². The lowest BCUT2D eigenvalue weighted by Gasteiger charge is -2.20. The molecule has 1 saturated carbocycles. The van der Waals surface area contributed by atoms with E-state index < -0.39 is 0 Å². The predicted octanol–water partition coefficient (Wildman–Crippen LogP) is 3.92. The molecule has 1 aliphatic carbocycles. The Balaban J connectivity index is 1.48. The molecule has 0 saturated heterocycles. The van der Waals surface area contributed by atoms with E-state index in [0.29, 0.717) is 23.2 Å². The van der Waals surface area contributed by atoms with E-state index in [0.717, 1.165) is 16.5 Å². The van der Waals surface area contributed by atoms with Crippen LogP contribution < -0.4 is 5.32 Å². The summed E-state index contributed by atoms with van der Waals surface area (Å²) in [6.45, 7) is 0.503. The molecular formula is C18H23ClN4OS. The highest BCUT2D eigenvalue weighted by Gasteiger charge is 2.22. The second-order valence-electron chi connectivity index (χ2n) is 6.43. The average molecular weight is 379 g/mol. The molecule has 3 rings (SSSR count). The molecule has 25 heavy (non-hydrogen) atoms. The molecule has 0 aliphatic heterocycles. The summed E-state index contributed by atoms with van der Waals surface area (Å²) in [4.78, 5) is 12.1. The first-order valence-electron chi connectivity index (χ1n) is 8.66. The minimum absolute atomic E-state index is 0.0119. The Bertz CT molecular complexity index is 710. The van der Waals surface area contributed by atoms with Crippen LogP contribution in [-0.2, 0) is 18.4 Å². The fourth-order valence-electron chi connectivity index (χ4n) is 3.15. The van der Waals surface area contributed by atoms with E-state index in [4.69, 9.17) is 11.6 Å². The highest BCUT2D eigenvalue weighted by molar-refractivity contribution is 7.99. The number of benzene rings is 1. The van der Waals surface area contributed by atoms with E-state index in [1.165, 1.54) is 43.9 Å². The molecule has 5 nitrogen and oxygen atoms in total. The maximum absolute atomic E-state index is 12.1. The third kappa shape index (κ3) is 4.98. The lowest BCUT2D eigenvalue weighted by molar-refractivity contribution is -0.118. The predicted molar refractivity (Wildman–Crippen MR) is 101 cm³/mol. The SMILES string of the molecule is Cn1c(SCC(=O)NCc2ccc(Cl)cc2)nnc1C1CCCCC1. The van der Waals surface area contributed by atoms with Gasteiger partial charge in [0.2, 0.25) is 5.91 Å². The van der Waals surface area contributed by atoms with Gasteiger partial charge in [0.1, 0.15) is 5.82 Å².